The maximum absolute atomic E-state index is 12.5. The molecule has 0 saturated carbocycles. The standard InChI is InChI=1S/C11H20N4O2S.ClH/c1-3-15-11(8-9(2)13-15)18(16,17)14-6-4-10(12)5-7-14;/h8,10H,3-7,12H2,1-2H3;1H. The van der Waals surface area contributed by atoms with Crippen LogP contribution in [0.5, 0.6) is 0 Å². The molecule has 2 N–H and O–H groups in total. The summed E-state index contributed by atoms with van der Waals surface area (Å²) in [4.78, 5) is 0. The van der Waals surface area contributed by atoms with Crippen molar-refractivity contribution in [1.29, 1.82) is 0 Å². The van der Waals surface area contributed by atoms with Gasteiger partial charge in [0.2, 0.25) is 0 Å². The molecule has 8 heteroatoms. The molecule has 0 spiro atoms. The summed E-state index contributed by atoms with van der Waals surface area (Å²) in [6.07, 6.45) is 1.44. The average molecular weight is 309 g/mol. The summed E-state index contributed by atoms with van der Waals surface area (Å²) in [5.74, 6) is 0. The van der Waals surface area contributed by atoms with Crippen LogP contribution >= 0.6 is 12.4 Å². The second-order valence-electron chi connectivity index (χ2n) is 4.68. The van der Waals surface area contributed by atoms with Gasteiger partial charge in [-0.2, -0.15) is 9.40 Å². The van der Waals surface area contributed by atoms with Gasteiger partial charge in [0.1, 0.15) is 0 Å². The van der Waals surface area contributed by atoms with Gasteiger partial charge in [0.15, 0.2) is 5.03 Å². The first kappa shape index (κ1) is 16.4. The highest BCUT2D eigenvalue weighted by Crippen LogP contribution is 2.20. The average Bonchev–Trinajstić information content (AvgIpc) is 2.72. The minimum absolute atomic E-state index is 0. The van der Waals surface area contributed by atoms with Gasteiger partial charge in [0, 0.05) is 25.7 Å². The van der Waals surface area contributed by atoms with Crippen molar-refractivity contribution < 1.29 is 8.42 Å². The smallest absolute Gasteiger partial charge is 0.260 e. The predicted octanol–water partition coefficient (Wildman–Crippen LogP) is 0.745. The number of rotatable bonds is 3. The van der Waals surface area contributed by atoms with Crippen LogP contribution in [0.25, 0.3) is 0 Å². The van der Waals surface area contributed by atoms with Crippen molar-refractivity contribution in [2.45, 2.75) is 44.3 Å². The minimum Gasteiger partial charge on any atom is -0.328 e. The van der Waals surface area contributed by atoms with E-state index in [-0.39, 0.29) is 23.5 Å². The zero-order chi connectivity index (χ0) is 13.3. The first-order valence-electron chi connectivity index (χ1n) is 6.25. The van der Waals surface area contributed by atoms with Crippen LogP contribution in [0.1, 0.15) is 25.5 Å². The second-order valence-corrected chi connectivity index (χ2v) is 6.57. The number of hydrogen-bond acceptors (Lipinski definition) is 4. The van der Waals surface area contributed by atoms with Crippen molar-refractivity contribution in [3.63, 3.8) is 0 Å². The number of hydrogen-bond donors (Lipinski definition) is 1. The summed E-state index contributed by atoms with van der Waals surface area (Å²) in [5, 5.41) is 4.48. The molecule has 19 heavy (non-hydrogen) atoms. The predicted molar refractivity (Wildman–Crippen MR) is 75.9 cm³/mol. The molecule has 1 aromatic rings. The Balaban J connectivity index is 0.00000180. The second kappa shape index (κ2) is 6.21. The molecule has 0 bridgehead atoms. The number of nitrogens with zero attached hydrogens (tertiary/aromatic N) is 3. The molecule has 1 aliphatic rings. The molecular weight excluding hydrogens is 288 g/mol. The van der Waals surface area contributed by atoms with Crippen LogP contribution in [-0.2, 0) is 16.6 Å². The monoisotopic (exact) mass is 308 g/mol. The van der Waals surface area contributed by atoms with Crippen molar-refractivity contribution in [3.8, 4) is 0 Å². The van der Waals surface area contributed by atoms with Crippen molar-refractivity contribution in [3.05, 3.63) is 11.8 Å². The third kappa shape index (κ3) is 3.28. The van der Waals surface area contributed by atoms with E-state index >= 15 is 0 Å². The van der Waals surface area contributed by atoms with Gasteiger partial charge in [-0.15, -0.1) is 12.4 Å². The van der Waals surface area contributed by atoms with E-state index in [0.717, 1.165) is 18.5 Å². The number of aryl methyl sites for hydroxylation is 2. The Bertz CT molecular complexity index is 521. The molecule has 1 saturated heterocycles. The fourth-order valence-electron chi connectivity index (χ4n) is 2.20. The molecule has 0 radical (unpaired) electrons. The van der Waals surface area contributed by atoms with Crippen LogP contribution in [0, 0.1) is 6.92 Å². The SMILES string of the molecule is CCn1nc(C)cc1S(=O)(=O)N1CCC(N)CC1.Cl. The van der Waals surface area contributed by atoms with E-state index in [0.29, 0.717) is 19.6 Å². The molecule has 0 amide bonds. The summed E-state index contributed by atoms with van der Waals surface area (Å²) >= 11 is 0. The number of aromatic nitrogens is 2. The summed E-state index contributed by atoms with van der Waals surface area (Å²) in [6, 6.07) is 1.75. The normalized spacial score (nSPS) is 18.3. The first-order valence-corrected chi connectivity index (χ1v) is 7.69. The lowest BCUT2D eigenvalue weighted by molar-refractivity contribution is 0.317. The molecule has 1 aliphatic heterocycles. The molecule has 0 aliphatic carbocycles. The van der Waals surface area contributed by atoms with Crippen LogP contribution in [0.3, 0.4) is 0 Å². The lowest BCUT2D eigenvalue weighted by Gasteiger charge is -2.29. The highest BCUT2D eigenvalue weighted by molar-refractivity contribution is 7.89. The zero-order valence-electron chi connectivity index (χ0n) is 11.2. The van der Waals surface area contributed by atoms with E-state index in [4.69, 9.17) is 5.73 Å². The highest BCUT2D eigenvalue weighted by Gasteiger charge is 2.30. The number of piperidine rings is 1. The molecule has 1 fully saturated rings. The lowest BCUT2D eigenvalue weighted by atomic mass is 10.1. The number of nitrogens with two attached hydrogens (primary N) is 1. The molecular formula is C11H21ClN4O2S. The van der Waals surface area contributed by atoms with E-state index in [2.05, 4.69) is 5.10 Å². The Labute approximate surface area is 120 Å². The Morgan fingerprint density at radius 2 is 2.00 bits per heavy atom. The van der Waals surface area contributed by atoms with Crippen molar-refractivity contribution >= 4 is 22.4 Å². The summed E-state index contributed by atoms with van der Waals surface area (Å²) in [6.45, 7) is 5.24. The van der Waals surface area contributed by atoms with Crippen LogP contribution in [0.2, 0.25) is 0 Å². The van der Waals surface area contributed by atoms with Crippen LogP contribution < -0.4 is 5.73 Å². The number of halogens is 1. The van der Waals surface area contributed by atoms with E-state index < -0.39 is 10.0 Å². The van der Waals surface area contributed by atoms with Crippen molar-refractivity contribution in [1.82, 2.24) is 14.1 Å². The maximum atomic E-state index is 12.5. The highest BCUT2D eigenvalue weighted by atomic mass is 35.5. The van der Waals surface area contributed by atoms with E-state index in [9.17, 15) is 8.42 Å². The van der Waals surface area contributed by atoms with Gasteiger partial charge in [-0.3, -0.25) is 4.68 Å². The van der Waals surface area contributed by atoms with Gasteiger partial charge in [0.25, 0.3) is 10.0 Å². The molecule has 1 aromatic heterocycles. The Morgan fingerprint density at radius 1 is 1.42 bits per heavy atom. The third-order valence-corrected chi connectivity index (χ3v) is 5.17. The maximum Gasteiger partial charge on any atom is 0.260 e. The largest absolute Gasteiger partial charge is 0.328 e. The van der Waals surface area contributed by atoms with Crippen molar-refractivity contribution in [2.24, 2.45) is 5.73 Å². The first-order chi connectivity index (χ1) is 8.45. The van der Waals surface area contributed by atoms with Crippen LogP contribution in [0.15, 0.2) is 11.1 Å². The van der Waals surface area contributed by atoms with E-state index in [1.807, 2.05) is 6.92 Å². The van der Waals surface area contributed by atoms with Gasteiger partial charge in [-0.1, -0.05) is 0 Å². The van der Waals surface area contributed by atoms with Gasteiger partial charge in [-0.25, -0.2) is 8.42 Å². The zero-order valence-corrected chi connectivity index (χ0v) is 12.9. The number of sulfonamides is 1. The van der Waals surface area contributed by atoms with Gasteiger partial charge < -0.3 is 5.73 Å². The van der Waals surface area contributed by atoms with Gasteiger partial charge in [-0.05, 0) is 32.8 Å². The summed E-state index contributed by atoms with van der Waals surface area (Å²) in [7, 11) is -3.43. The molecule has 6 nitrogen and oxygen atoms in total. The van der Waals surface area contributed by atoms with Crippen LogP contribution in [0.4, 0.5) is 0 Å². The molecule has 2 heterocycles. The van der Waals surface area contributed by atoms with E-state index in [1.54, 1.807) is 17.7 Å². The fourth-order valence-corrected chi connectivity index (χ4v) is 3.92. The molecule has 110 valence electrons. The van der Waals surface area contributed by atoms with Crippen LogP contribution in [-0.4, -0.2) is 41.6 Å². The Kier molecular flexibility index (Phi) is 5.37. The van der Waals surface area contributed by atoms with Gasteiger partial charge >= 0.3 is 0 Å². The quantitative estimate of drug-likeness (QED) is 0.893. The molecule has 0 aromatic carbocycles. The lowest BCUT2D eigenvalue weighted by Crippen LogP contribution is -2.43. The van der Waals surface area contributed by atoms with E-state index in [1.165, 1.54) is 4.31 Å². The Morgan fingerprint density at radius 3 is 2.53 bits per heavy atom. The van der Waals surface area contributed by atoms with Gasteiger partial charge in [0.05, 0.1) is 5.69 Å². The fraction of sp³-hybridized carbons (Fsp3) is 0.727. The molecule has 2 rings (SSSR count). The summed E-state index contributed by atoms with van der Waals surface area (Å²) < 4.78 is 28.1. The van der Waals surface area contributed by atoms with Crippen molar-refractivity contribution in [2.75, 3.05) is 13.1 Å². The minimum atomic E-state index is -3.43. The topological polar surface area (TPSA) is 81.2 Å². The summed E-state index contributed by atoms with van der Waals surface area (Å²) in [5.41, 5.74) is 6.53. The third-order valence-electron chi connectivity index (χ3n) is 3.27. The molecule has 0 unspecified atom stereocenters. The Hall–Kier alpha value is -0.630. The molecule has 0 atom stereocenters.